The van der Waals surface area contributed by atoms with Crippen LogP contribution in [-0.4, -0.2) is 22.1 Å². The number of rotatable bonds is 4. The Bertz CT molecular complexity index is 794. The van der Waals surface area contributed by atoms with Crippen molar-refractivity contribution in [3.05, 3.63) is 47.5 Å². The quantitative estimate of drug-likeness (QED) is 0.807. The van der Waals surface area contributed by atoms with E-state index in [4.69, 9.17) is 5.11 Å². The monoisotopic (exact) mass is 311 g/mol. The number of nitrogens with one attached hydrogen (secondary N) is 1. The molecular formula is C18H17NO4. The lowest BCUT2D eigenvalue weighted by Gasteiger charge is -2.12. The molecular weight excluding hydrogens is 294 g/mol. The van der Waals surface area contributed by atoms with E-state index in [0.29, 0.717) is 11.3 Å². The average Bonchev–Trinajstić information content (AvgIpc) is 3.34. The first-order chi connectivity index (χ1) is 11.0. The Kier molecular flexibility index (Phi) is 3.78. The van der Waals surface area contributed by atoms with Crippen molar-refractivity contribution in [2.45, 2.75) is 19.8 Å². The number of carboxylic acids is 1. The van der Waals surface area contributed by atoms with Gasteiger partial charge in [0.1, 0.15) is 5.75 Å². The molecule has 3 rings (SSSR count). The summed E-state index contributed by atoms with van der Waals surface area (Å²) in [6, 6.07) is 9.74. The molecule has 1 saturated carbocycles. The van der Waals surface area contributed by atoms with Gasteiger partial charge in [0.05, 0.1) is 5.56 Å². The van der Waals surface area contributed by atoms with Gasteiger partial charge in [0, 0.05) is 17.2 Å². The lowest BCUT2D eigenvalue weighted by Crippen LogP contribution is -2.13. The third-order valence-electron chi connectivity index (χ3n) is 3.99. The zero-order chi connectivity index (χ0) is 16.6. The van der Waals surface area contributed by atoms with Gasteiger partial charge in [0.2, 0.25) is 5.91 Å². The molecule has 1 aliphatic carbocycles. The molecule has 0 atom stereocenters. The van der Waals surface area contributed by atoms with Gasteiger partial charge < -0.3 is 15.5 Å². The Morgan fingerprint density at radius 1 is 1.09 bits per heavy atom. The Balaban J connectivity index is 1.95. The summed E-state index contributed by atoms with van der Waals surface area (Å²) in [7, 11) is 0. The summed E-state index contributed by atoms with van der Waals surface area (Å²) in [5, 5.41) is 22.0. The first-order valence-corrected chi connectivity index (χ1v) is 7.44. The minimum atomic E-state index is -1.09. The standard InChI is InChI=1S/C18H17NO4/c1-10-2-6-13(19-17(21)11-3-4-11)9-15(10)14-7-5-12(18(22)23)8-16(14)20/h2,5-9,11,20H,3-4H2,1H3,(H,19,21)(H,22,23). The van der Waals surface area contributed by atoms with Crippen molar-refractivity contribution in [2.75, 3.05) is 5.32 Å². The van der Waals surface area contributed by atoms with Crippen molar-refractivity contribution < 1.29 is 19.8 Å². The Morgan fingerprint density at radius 3 is 2.43 bits per heavy atom. The highest BCUT2D eigenvalue weighted by atomic mass is 16.4. The number of carbonyl (C=O) groups is 2. The van der Waals surface area contributed by atoms with Crippen LogP contribution in [0.4, 0.5) is 5.69 Å². The molecule has 0 bridgehead atoms. The van der Waals surface area contributed by atoms with E-state index in [2.05, 4.69) is 5.32 Å². The highest BCUT2D eigenvalue weighted by Crippen LogP contribution is 2.35. The number of phenolic OH excluding ortho intramolecular Hbond substituents is 1. The maximum absolute atomic E-state index is 11.9. The van der Waals surface area contributed by atoms with Gasteiger partial charge in [-0.15, -0.1) is 0 Å². The fourth-order valence-corrected chi connectivity index (χ4v) is 2.47. The van der Waals surface area contributed by atoms with Crippen LogP contribution in [0.15, 0.2) is 36.4 Å². The van der Waals surface area contributed by atoms with E-state index in [1.54, 1.807) is 12.1 Å². The number of carbonyl (C=O) groups excluding carboxylic acids is 1. The van der Waals surface area contributed by atoms with E-state index in [0.717, 1.165) is 24.0 Å². The van der Waals surface area contributed by atoms with Gasteiger partial charge in [0.25, 0.3) is 0 Å². The fraction of sp³-hybridized carbons (Fsp3) is 0.222. The van der Waals surface area contributed by atoms with Crippen LogP contribution >= 0.6 is 0 Å². The molecule has 5 nitrogen and oxygen atoms in total. The average molecular weight is 311 g/mol. The zero-order valence-corrected chi connectivity index (χ0v) is 12.7. The van der Waals surface area contributed by atoms with E-state index >= 15 is 0 Å². The van der Waals surface area contributed by atoms with E-state index < -0.39 is 5.97 Å². The van der Waals surface area contributed by atoms with E-state index in [1.165, 1.54) is 12.1 Å². The van der Waals surface area contributed by atoms with Crippen LogP contribution in [0.3, 0.4) is 0 Å². The van der Waals surface area contributed by atoms with Crippen LogP contribution < -0.4 is 5.32 Å². The van der Waals surface area contributed by atoms with Gasteiger partial charge in [0.15, 0.2) is 0 Å². The van der Waals surface area contributed by atoms with Crippen molar-refractivity contribution in [1.82, 2.24) is 0 Å². The van der Waals surface area contributed by atoms with Crippen molar-refractivity contribution in [3.63, 3.8) is 0 Å². The lowest BCUT2D eigenvalue weighted by atomic mass is 9.97. The summed E-state index contributed by atoms with van der Waals surface area (Å²) < 4.78 is 0. The molecule has 0 unspecified atom stereocenters. The molecule has 0 saturated heterocycles. The number of phenols is 1. The Labute approximate surface area is 133 Å². The summed E-state index contributed by atoms with van der Waals surface area (Å²) in [4.78, 5) is 22.8. The predicted molar refractivity (Wildman–Crippen MR) is 86.6 cm³/mol. The minimum absolute atomic E-state index is 0.0188. The molecule has 0 aliphatic heterocycles. The van der Waals surface area contributed by atoms with Gasteiger partial charge in [-0.25, -0.2) is 4.79 Å². The highest BCUT2D eigenvalue weighted by molar-refractivity contribution is 5.95. The Morgan fingerprint density at radius 2 is 1.83 bits per heavy atom. The third kappa shape index (κ3) is 3.18. The second-order valence-corrected chi connectivity index (χ2v) is 5.83. The number of anilines is 1. The SMILES string of the molecule is Cc1ccc(NC(=O)C2CC2)cc1-c1ccc(C(=O)O)cc1O. The highest BCUT2D eigenvalue weighted by Gasteiger charge is 2.29. The maximum atomic E-state index is 11.9. The molecule has 3 N–H and O–H groups in total. The van der Waals surface area contributed by atoms with Gasteiger partial charge in [-0.1, -0.05) is 6.07 Å². The zero-order valence-electron chi connectivity index (χ0n) is 12.7. The normalized spacial score (nSPS) is 13.6. The summed E-state index contributed by atoms with van der Waals surface area (Å²) in [5.74, 6) is -1.05. The van der Waals surface area contributed by atoms with Crippen molar-refractivity contribution in [2.24, 2.45) is 5.92 Å². The first kappa shape index (κ1) is 15.1. The number of aromatic hydroxyl groups is 1. The van der Waals surface area contributed by atoms with Crippen molar-refractivity contribution >= 4 is 17.6 Å². The summed E-state index contributed by atoms with van der Waals surface area (Å²) in [5.41, 5.74) is 2.92. The van der Waals surface area contributed by atoms with Crippen molar-refractivity contribution in [3.8, 4) is 16.9 Å². The molecule has 0 spiro atoms. The van der Waals surface area contributed by atoms with Crippen LogP contribution in [0.5, 0.6) is 5.75 Å². The maximum Gasteiger partial charge on any atom is 0.335 e. The van der Waals surface area contributed by atoms with Crippen LogP contribution in [0.2, 0.25) is 0 Å². The molecule has 118 valence electrons. The summed E-state index contributed by atoms with van der Waals surface area (Å²) in [6.45, 7) is 1.90. The fourth-order valence-electron chi connectivity index (χ4n) is 2.47. The van der Waals surface area contributed by atoms with Crippen LogP contribution in [0.1, 0.15) is 28.8 Å². The van der Waals surface area contributed by atoms with Gasteiger partial charge in [-0.05, 0) is 61.2 Å². The second-order valence-electron chi connectivity index (χ2n) is 5.83. The molecule has 0 radical (unpaired) electrons. The molecule has 2 aromatic carbocycles. The predicted octanol–water partition coefficient (Wildman–Crippen LogP) is 3.41. The second kappa shape index (κ2) is 5.76. The number of hydrogen-bond acceptors (Lipinski definition) is 3. The third-order valence-corrected chi connectivity index (χ3v) is 3.99. The van der Waals surface area contributed by atoms with E-state index in [-0.39, 0.29) is 23.1 Å². The molecule has 0 aromatic heterocycles. The van der Waals surface area contributed by atoms with Gasteiger partial charge in [-0.2, -0.15) is 0 Å². The molecule has 0 heterocycles. The van der Waals surface area contributed by atoms with Gasteiger partial charge in [-0.3, -0.25) is 4.79 Å². The summed E-state index contributed by atoms with van der Waals surface area (Å²) in [6.07, 6.45) is 1.87. The number of hydrogen-bond donors (Lipinski definition) is 3. The molecule has 2 aromatic rings. The number of aryl methyl sites for hydroxylation is 1. The Hall–Kier alpha value is -2.82. The lowest BCUT2D eigenvalue weighted by molar-refractivity contribution is -0.117. The first-order valence-electron chi connectivity index (χ1n) is 7.44. The number of benzene rings is 2. The number of amides is 1. The molecule has 5 heteroatoms. The molecule has 1 fully saturated rings. The van der Waals surface area contributed by atoms with Gasteiger partial charge >= 0.3 is 5.97 Å². The van der Waals surface area contributed by atoms with Crippen molar-refractivity contribution in [1.29, 1.82) is 0 Å². The smallest absolute Gasteiger partial charge is 0.335 e. The van der Waals surface area contributed by atoms with E-state index in [1.807, 2.05) is 19.1 Å². The van der Waals surface area contributed by atoms with Crippen LogP contribution in [-0.2, 0) is 4.79 Å². The number of aromatic carboxylic acids is 1. The van der Waals surface area contributed by atoms with Crippen LogP contribution in [0.25, 0.3) is 11.1 Å². The molecule has 1 amide bonds. The largest absolute Gasteiger partial charge is 0.507 e. The van der Waals surface area contributed by atoms with Crippen LogP contribution in [0, 0.1) is 12.8 Å². The molecule has 1 aliphatic rings. The number of carboxylic acid groups (broad SMARTS) is 1. The summed E-state index contributed by atoms with van der Waals surface area (Å²) >= 11 is 0. The molecule has 23 heavy (non-hydrogen) atoms. The minimum Gasteiger partial charge on any atom is -0.507 e. The topological polar surface area (TPSA) is 86.6 Å². The van der Waals surface area contributed by atoms with E-state index in [9.17, 15) is 14.7 Å².